The molecule has 0 radical (unpaired) electrons. The first kappa shape index (κ1) is 12.8. The molecule has 18 heavy (non-hydrogen) atoms. The average Bonchev–Trinajstić information content (AvgIpc) is 2.39. The highest BCUT2D eigenvalue weighted by Crippen LogP contribution is 2.26. The van der Waals surface area contributed by atoms with Crippen molar-refractivity contribution in [3.63, 3.8) is 0 Å². The van der Waals surface area contributed by atoms with Crippen LogP contribution in [0.3, 0.4) is 0 Å². The molecule has 1 saturated heterocycles. The topological polar surface area (TPSA) is 79.5 Å². The Morgan fingerprint density at radius 1 is 1.56 bits per heavy atom. The van der Waals surface area contributed by atoms with Gasteiger partial charge in [-0.2, -0.15) is 0 Å². The smallest absolute Gasteiger partial charge is 0.277 e. The van der Waals surface area contributed by atoms with Gasteiger partial charge in [0.2, 0.25) is 0 Å². The van der Waals surface area contributed by atoms with Gasteiger partial charge in [0.05, 0.1) is 11.0 Å². The van der Waals surface area contributed by atoms with Crippen molar-refractivity contribution in [1.82, 2.24) is 4.98 Å². The maximum absolute atomic E-state index is 10.9. The molecule has 0 atom stereocenters. The fraction of sp³-hybridized carbons (Fsp3) is 0.583. The highest BCUT2D eigenvalue weighted by atomic mass is 16.6. The van der Waals surface area contributed by atoms with E-state index in [1.165, 1.54) is 6.07 Å². The third-order valence-electron chi connectivity index (χ3n) is 3.45. The maximum Gasteiger partial charge on any atom is 0.277 e. The van der Waals surface area contributed by atoms with Crippen LogP contribution in [0.25, 0.3) is 0 Å². The molecule has 1 fully saturated rings. The summed E-state index contributed by atoms with van der Waals surface area (Å²) in [5.41, 5.74) is 0.693. The first-order chi connectivity index (χ1) is 8.61. The van der Waals surface area contributed by atoms with Gasteiger partial charge in [0.1, 0.15) is 5.82 Å². The van der Waals surface area contributed by atoms with Crippen LogP contribution in [0.4, 0.5) is 11.5 Å². The monoisotopic (exact) mass is 251 g/mol. The highest BCUT2D eigenvalue weighted by molar-refractivity contribution is 5.50. The molecule has 2 heterocycles. The lowest BCUT2D eigenvalue weighted by Crippen LogP contribution is -2.35. The summed E-state index contributed by atoms with van der Waals surface area (Å²) in [4.78, 5) is 16.8. The molecule has 98 valence electrons. The van der Waals surface area contributed by atoms with Crippen LogP contribution in [0, 0.1) is 23.0 Å². The van der Waals surface area contributed by atoms with Crippen molar-refractivity contribution in [2.24, 2.45) is 5.92 Å². The van der Waals surface area contributed by atoms with Gasteiger partial charge in [-0.25, -0.2) is 4.98 Å². The van der Waals surface area contributed by atoms with Crippen molar-refractivity contribution >= 4 is 11.5 Å². The number of piperidine rings is 1. The summed E-state index contributed by atoms with van der Waals surface area (Å²) in [6.45, 7) is 3.49. The van der Waals surface area contributed by atoms with Gasteiger partial charge in [0, 0.05) is 31.5 Å². The van der Waals surface area contributed by atoms with Crippen LogP contribution in [0.5, 0.6) is 0 Å². The van der Waals surface area contributed by atoms with Gasteiger partial charge in [-0.15, -0.1) is 0 Å². The van der Waals surface area contributed by atoms with Gasteiger partial charge in [-0.05, 0) is 25.7 Å². The van der Waals surface area contributed by atoms with Crippen molar-refractivity contribution < 1.29 is 10.0 Å². The first-order valence-corrected chi connectivity index (χ1v) is 6.08. The van der Waals surface area contributed by atoms with Crippen LogP contribution >= 0.6 is 0 Å². The van der Waals surface area contributed by atoms with Crippen molar-refractivity contribution in [1.29, 1.82) is 0 Å². The minimum absolute atomic E-state index is 0.115. The third kappa shape index (κ3) is 2.59. The molecule has 1 aromatic rings. The molecule has 1 aliphatic heterocycles. The summed E-state index contributed by atoms with van der Waals surface area (Å²) in [7, 11) is 0. The fourth-order valence-corrected chi connectivity index (χ4v) is 2.22. The molecule has 0 saturated carbocycles. The van der Waals surface area contributed by atoms with Crippen molar-refractivity contribution in [3.05, 3.63) is 27.9 Å². The number of anilines is 1. The number of rotatable bonds is 3. The molecule has 0 unspecified atom stereocenters. The van der Waals surface area contributed by atoms with E-state index in [1.54, 1.807) is 13.1 Å². The van der Waals surface area contributed by atoms with E-state index in [9.17, 15) is 10.1 Å². The lowest BCUT2D eigenvalue weighted by atomic mass is 9.98. The molecule has 1 aliphatic rings. The summed E-state index contributed by atoms with van der Waals surface area (Å²) in [6, 6.07) is 1.54. The third-order valence-corrected chi connectivity index (χ3v) is 3.45. The number of aliphatic hydroxyl groups is 1. The molecule has 2 rings (SSSR count). The number of hydrogen-bond donors (Lipinski definition) is 1. The van der Waals surface area contributed by atoms with Crippen molar-refractivity contribution in [2.75, 3.05) is 24.6 Å². The number of aliphatic hydroxyl groups excluding tert-OH is 1. The first-order valence-electron chi connectivity index (χ1n) is 6.08. The molecular formula is C12H17N3O3. The normalized spacial score (nSPS) is 16.9. The summed E-state index contributed by atoms with van der Waals surface area (Å²) in [5.74, 6) is 1.00. The minimum Gasteiger partial charge on any atom is -0.396 e. The average molecular weight is 251 g/mol. The summed E-state index contributed by atoms with van der Waals surface area (Å²) in [6.07, 6.45) is 3.35. The summed E-state index contributed by atoms with van der Waals surface area (Å²) >= 11 is 0. The second kappa shape index (κ2) is 5.30. The number of hydrogen-bond acceptors (Lipinski definition) is 5. The van der Waals surface area contributed by atoms with E-state index in [1.807, 2.05) is 4.90 Å². The molecule has 1 N–H and O–H groups in total. The zero-order valence-electron chi connectivity index (χ0n) is 10.4. The molecule has 0 aliphatic carbocycles. The van der Waals surface area contributed by atoms with Crippen molar-refractivity contribution in [2.45, 2.75) is 19.8 Å². The Bertz CT molecular complexity index is 442. The molecule has 6 nitrogen and oxygen atoms in total. The predicted molar refractivity (Wildman–Crippen MR) is 67.7 cm³/mol. The zero-order chi connectivity index (χ0) is 13.1. The summed E-state index contributed by atoms with van der Waals surface area (Å²) < 4.78 is 0. The second-order valence-electron chi connectivity index (χ2n) is 4.70. The molecular weight excluding hydrogens is 234 g/mol. The van der Waals surface area contributed by atoms with Crippen LogP contribution in [-0.4, -0.2) is 34.7 Å². The Morgan fingerprint density at radius 2 is 2.22 bits per heavy atom. The highest BCUT2D eigenvalue weighted by Gasteiger charge is 2.21. The van der Waals surface area contributed by atoms with Crippen LogP contribution in [0.2, 0.25) is 0 Å². The molecule has 1 aromatic heterocycles. The summed E-state index contributed by atoms with van der Waals surface area (Å²) in [5, 5.41) is 20.0. The fourth-order valence-electron chi connectivity index (χ4n) is 2.22. The van der Waals surface area contributed by atoms with Crippen LogP contribution in [0.15, 0.2) is 12.3 Å². The van der Waals surface area contributed by atoms with Gasteiger partial charge in [0.15, 0.2) is 0 Å². The van der Waals surface area contributed by atoms with Crippen molar-refractivity contribution in [3.8, 4) is 0 Å². The Kier molecular flexibility index (Phi) is 3.76. The van der Waals surface area contributed by atoms with E-state index in [4.69, 9.17) is 5.11 Å². The zero-order valence-corrected chi connectivity index (χ0v) is 10.4. The quantitative estimate of drug-likeness (QED) is 0.650. The number of pyridine rings is 1. The molecule has 0 amide bonds. The standard InChI is InChI=1S/C12H17N3O3/c1-9-7-13-12(6-11(9)15(17)18)14-4-2-10(8-16)3-5-14/h6-7,10,16H,2-5,8H2,1H3. The van der Waals surface area contributed by atoms with E-state index in [0.717, 1.165) is 25.9 Å². The number of nitro groups is 1. The molecule has 0 spiro atoms. The van der Waals surface area contributed by atoms with Crippen LogP contribution in [0.1, 0.15) is 18.4 Å². The predicted octanol–water partition coefficient (Wildman–Crippen LogP) is 1.51. The molecule has 0 aromatic carbocycles. The maximum atomic E-state index is 10.9. The van der Waals surface area contributed by atoms with Gasteiger partial charge in [-0.1, -0.05) is 0 Å². The Balaban J connectivity index is 2.15. The van der Waals surface area contributed by atoms with Gasteiger partial charge in [0.25, 0.3) is 5.69 Å². The van der Waals surface area contributed by atoms with Gasteiger partial charge >= 0.3 is 0 Å². The van der Waals surface area contributed by atoms with Crippen LogP contribution in [-0.2, 0) is 0 Å². The van der Waals surface area contributed by atoms with E-state index < -0.39 is 0 Å². The number of aromatic nitrogens is 1. The van der Waals surface area contributed by atoms with E-state index >= 15 is 0 Å². The van der Waals surface area contributed by atoms with E-state index in [-0.39, 0.29) is 17.2 Å². The largest absolute Gasteiger partial charge is 0.396 e. The second-order valence-corrected chi connectivity index (χ2v) is 4.70. The Hall–Kier alpha value is -1.69. The Labute approximate surface area is 105 Å². The van der Waals surface area contributed by atoms with E-state index in [2.05, 4.69) is 4.98 Å². The lowest BCUT2D eigenvalue weighted by molar-refractivity contribution is -0.385. The SMILES string of the molecule is Cc1cnc(N2CCC(CO)CC2)cc1[N+](=O)[O-]. The Morgan fingerprint density at radius 3 is 2.78 bits per heavy atom. The lowest BCUT2D eigenvalue weighted by Gasteiger charge is -2.31. The van der Waals surface area contributed by atoms with Gasteiger partial charge in [-0.3, -0.25) is 10.1 Å². The number of aryl methyl sites for hydroxylation is 1. The van der Waals surface area contributed by atoms with Crippen LogP contribution < -0.4 is 4.90 Å². The number of nitrogens with zero attached hydrogens (tertiary/aromatic N) is 3. The molecule has 6 heteroatoms. The van der Waals surface area contributed by atoms with E-state index in [0.29, 0.717) is 17.3 Å². The van der Waals surface area contributed by atoms with Gasteiger partial charge < -0.3 is 10.0 Å². The minimum atomic E-state index is -0.374. The molecule has 0 bridgehead atoms.